The third-order valence-corrected chi connectivity index (χ3v) is 4.75. The summed E-state index contributed by atoms with van der Waals surface area (Å²) < 4.78 is 1.94. The maximum Gasteiger partial charge on any atom is 0.228 e. The summed E-state index contributed by atoms with van der Waals surface area (Å²) in [5.41, 5.74) is 1.60. The average Bonchev–Trinajstić information content (AvgIpc) is 3.48. The van der Waals surface area contributed by atoms with Crippen LogP contribution in [0, 0.1) is 24.7 Å². The zero-order chi connectivity index (χ0) is 19.0. The minimum atomic E-state index is 0.0303. The van der Waals surface area contributed by atoms with Crippen molar-refractivity contribution in [3.8, 4) is 11.8 Å². The van der Waals surface area contributed by atoms with E-state index in [0.717, 1.165) is 46.5 Å². The maximum atomic E-state index is 12.1. The number of nitrogens with one attached hydrogen (secondary N) is 2. The topological polar surface area (TPSA) is 84.7 Å². The van der Waals surface area contributed by atoms with Crippen LogP contribution in [-0.4, -0.2) is 32.5 Å². The molecule has 3 heterocycles. The van der Waals surface area contributed by atoms with E-state index < -0.39 is 0 Å². The van der Waals surface area contributed by atoms with Gasteiger partial charge in [0, 0.05) is 43.2 Å². The first-order valence-electron chi connectivity index (χ1n) is 8.84. The van der Waals surface area contributed by atoms with Crippen LogP contribution in [0.15, 0.2) is 24.7 Å². The number of hydrogen-bond donors (Lipinski definition) is 2. The minimum Gasteiger partial charge on any atom is -0.373 e. The Morgan fingerprint density at radius 3 is 2.63 bits per heavy atom. The van der Waals surface area contributed by atoms with Crippen LogP contribution in [0.5, 0.6) is 0 Å². The molecule has 2 N–H and O–H groups in total. The first-order chi connectivity index (χ1) is 13.1. The SMILES string of the molecule is CNc1ncc(C#Cc2cnc(C)n2C)c2cc(NC(=O)C3CC3)ncc12. The van der Waals surface area contributed by atoms with Gasteiger partial charge in [-0.3, -0.25) is 4.79 Å². The lowest BCUT2D eigenvalue weighted by atomic mass is 10.1. The Morgan fingerprint density at radius 2 is 1.96 bits per heavy atom. The number of imidazole rings is 1. The van der Waals surface area contributed by atoms with Crippen molar-refractivity contribution in [2.75, 3.05) is 17.7 Å². The van der Waals surface area contributed by atoms with Crippen LogP contribution in [0.4, 0.5) is 11.6 Å². The molecule has 0 aromatic carbocycles. The number of carbonyl (C=O) groups excluding carboxylic acids is 1. The van der Waals surface area contributed by atoms with Crippen molar-refractivity contribution in [1.82, 2.24) is 19.5 Å². The van der Waals surface area contributed by atoms with Crippen LogP contribution < -0.4 is 10.6 Å². The lowest BCUT2D eigenvalue weighted by Crippen LogP contribution is -2.14. The van der Waals surface area contributed by atoms with E-state index in [9.17, 15) is 4.79 Å². The number of rotatable bonds is 3. The average molecular weight is 360 g/mol. The molecule has 0 bridgehead atoms. The normalized spacial score (nSPS) is 13.1. The molecule has 136 valence electrons. The summed E-state index contributed by atoms with van der Waals surface area (Å²) in [5, 5.41) is 7.71. The minimum absolute atomic E-state index is 0.0303. The Hall–Kier alpha value is -3.40. The fourth-order valence-electron chi connectivity index (χ4n) is 2.83. The van der Waals surface area contributed by atoms with Crippen LogP contribution >= 0.6 is 0 Å². The van der Waals surface area contributed by atoms with Crippen molar-refractivity contribution in [3.63, 3.8) is 0 Å². The summed E-state index contributed by atoms with van der Waals surface area (Å²) >= 11 is 0. The summed E-state index contributed by atoms with van der Waals surface area (Å²) in [6.07, 6.45) is 7.11. The van der Waals surface area contributed by atoms with Crippen molar-refractivity contribution in [2.45, 2.75) is 19.8 Å². The van der Waals surface area contributed by atoms with E-state index in [1.165, 1.54) is 0 Å². The molecule has 3 aromatic rings. The molecule has 0 unspecified atom stereocenters. The molecule has 27 heavy (non-hydrogen) atoms. The van der Waals surface area contributed by atoms with Gasteiger partial charge in [-0.25, -0.2) is 15.0 Å². The van der Waals surface area contributed by atoms with Gasteiger partial charge < -0.3 is 15.2 Å². The molecule has 1 aliphatic carbocycles. The molecule has 0 radical (unpaired) electrons. The second-order valence-electron chi connectivity index (χ2n) is 6.65. The fraction of sp³-hybridized carbons (Fsp3) is 0.300. The van der Waals surface area contributed by atoms with E-state index >= 15 is 0 Å². The summed E-state index contributed by atoms with van der Waals surface area (Å²) in [4.78, 5) is 25.1. The quantitative estimate of drug-likeness (QED) is 0.701. The maximum absolute atomic E-state index is 12.1. The predicted octanol–water partition coefficient (Wildman–Crippen LogP) is 2.46. The van der Waals surface area contributed by atoms with Gasteiger partial charge in [-0.15, -0.1) is 0 Å². The van der Waals surface area contributed by atoms with E-state index in [0.29, 0.717) is 5.82 Å². The Balaban J connectivity index is 1.77. The molecule has 0 atom stereocenters. The predicted molar refractivity (Wildman–Crippen MR) is 104 cm³/mol. The van der Waals surface area contributed by atoms with Crippen LogP contribution in [-0.2, 0) is 11.8 Å². The molecule has 4 rings (SSSR count). The number of pyridine rings is 2. The molecule has 0 aliphatic heterocycles. The molecular weight excluding hydrogens is 340 g/mol. The van der Waals surface area contributed by atoms with Gasteiger partial charge in [0.1, 0.15) is 23.2 Å². The number of aryl methyl sites for hydroxylation is 1. The van der Waals surface area contributed by atoms with E-state index in [-0.39, 0.29) is 11.8 Å². The van der Waals surface area contributed by atoms with Crippen LogP contribution in [0.25, 0.3) is 10.8 Å². The van der Waals surface area contributed by atoms with Crippen LogP contribution in [0.2, 0.25) is 0 Å². The van der Waals surface area contributed by atoms with Gasteiger partial charge in [0.05, 0.1) is 11.8 Å². The van der Waals surface area contributed by atoms with Gasteiger partial charge in [-0.05, 0) is 31.8 Å². The molecule has 1 amide bonds. The molecule has 0 saturated heterocycles. The lowest BCUT2D eigenvalue weighted by molar-refractivity contribution is -0.117. The first-order valence-corrected chi connectivity index (χ1v) is 8.84. The molecule has 1 saturated carbocycles. The smallest absolute Gasteiger partial charge is 0.228 e. The highest BCUT2D eigenvalue weighted by molar-refractivity contribution is 5.99. The Labute approximate surface area is 157 Å². The van der Waals surface area contributed by atoms with Gasteiger partial charge in [-0.2, -0.15) is 0 Å². The number of nitrogens with zero attached hydrogens (tertiary/aromatic N) is 4. The van der Waals surface area contributed by atoms with Crippen molar-refractivity contribution in [3.05, 3.63) is 41.7 Å². The van der Waals surface area contributed by atoms with Crippen molar-refractivity contribution in [2.24, 2.45) is 13.0 Å². The summed E-state index contributed by atoms with van der Waals surface area (Å²) in [5.74, 6) is 8.65. The second kappa shape index (κ2) is 6.72. The number of carbonyl (C=O) groups is 1. The highest BCUT2D eigenvalue weighted by atomic mass is 16.2. The standard InChI is InChI=1S/C20H20N6O/c1-12-22-10-15(26(12)3)7-6-14-9-24-19(21-2)17-11-23-18(8-16(14)17)25-20(27)13-4-5-13/h8-11,13H,4-5H2,1-3H3,(H,21,24)(H,23,25,27). The van der Waals surface area contributed by atoms with Crippen LogP contribution in [0.3, 0.4) is 0 Å². The van der Waals surface area contributed by atoms with Crippen molar-refractivity contribution in [1.29, 1.82) is 0 Å². The Kier molecular flexibility index (Phi) is 4.24. The molecule has 0 spiro atoms. The second-order valence-corrected chi connectivity index (χ2v) is 6.65. The highest BCUT2D eigenvalue weighted by Crippen LogP contribution is 2.31. The van der Waals surface area contributed by atoms with Gasteiger partial charge in [0.25, 0.3) is 0 Å². The van der Waals surface area contributed by atoms with E-state index in [1.54, 1.807) is 18.6 Å². The summed E-state index contributed by atoms with van der Waals surface area (Å²) in [6.45, 7) is 1.93. The Bertz CT molecular complexity index is 1100. The fourth-order valence-corrected chi connectivity index (χ4v) is 2.83. The first kappa shape index (κ1) is 17.0. The van der Waals surface area contributed by atoms with Gasteiger partial charge in [0.2, 0.25) is 5.91 Å². The van der Waals surface area contributed by atoms with E-state index in [4.69, 9.17) is 0 Å². The number of fused-ring (bicyclic) bond motifs is 1. The molecular formula is C20H20N6O. The van der Waals surface area contributed by atoms with Crippen molar-refractivity contribution >= 4 is 28.3 Å². The zero-order valence-corrected chi connectivity index (χ0v) is 15.5. The highest BCUT2D eigenvalue weighted by Gasteiger charge is 2.29. The summed E-state index contributed by atoms with van der Waals surface area (Å²) in [7, 11) is 3.75. The van der Waals surface area contributed by atoms with Crippen LogP contribution in [0.1, 0.15) is 29.9 Å². The van der Waals surface area contributed by atoms with Gasteiger partial charge in [-0.1, -0.05) is 5.92 Å². The number of hydrogen-bond acceptors (Lipinski definition) is 5. The molecule has 7 heteroatoms. The van der Waals surface area contributed by atoms with Gasteiger partial charge in [0.15, 0.2) is 0 Å². The third-order valence-electron chi connectivity index (χ3n) is 4.75. The zero-order valence-electron chi connectivity index (χ0n) is 15.5. The lowest BCUT2D eigenvalue weighted by Gasteiger charge is -2.09. The molecule has 1 aliphatic rings. The Morgan fingerprint density at radius 1 is 1.15 bits per heavy atom. The van der Waals surface area contributed by atoms with Gasteiger partial charge >= 0.3 is 0 Å². The monoisotopic (exact) mass is 360 g/mol. The number of aromatic nitrogens is 4. The molecule has 3 aromatic heterocycles. The molecule has 1 fully saturated rings. The molecule has 7 nitrogen and oxygen atoms in total. The number of anilines is 2. The number of amides is 1. The van der Waals surface area contributed by atoms with Crippen molar-refractivity contribution < 1.29 is 4.79 Å². The van der Waals surface area contributed by atoms with E-state index in [1.807, 2.05) is 31.7 Å². The van der Waals surface area contributed by atoms with E-state index in [2.05, 4.69) is 37.4 Å². The summed E-state index contributed by atoms with van der Waals surface area (Å²) in [6, 6.07) is 1.86. The third kappa shape index (κ3) is 3.34. The largest absolute Gasteiger partial charge is 0.373 e.